The number of alkyl halides is 1. The summed E-state index contributed by atoms with van der Waals surface area (Å²) in [6.45, 7) is -0.582. The van der Waals surface area contributed by atoms with E-state index in [-0.39, 0.29) is 6.42 Å². The smallest absolute Gasteiger partial charge is 0.303 e. The minimum Gasteiger partial charge on any atom is -0.481 e. The number of carboxylic acids is 1. The van der Waals surface area contributed by atoms with Gasteiger partial charge in [-0.1, -0.05) is 30.3 Å². The standard InChI is InChI=1S/C11H13FO2/c12-8-10(7-11(13)14)6-9-4-2-1-3-5-9/h1-5,10H,6-8H2,(H,13,14). The van der Waals surface area contributed by atoms with Gasteiger partial charge in [0, 0.05) is 5.92 Å². The summed E-state index contributed by atoms with van der Waals surface area (Å²) in [5.74, 6) is -1.35. The molecular weight excluding hydrogens is 183 g/mol. The second kappa shape index (κ2) is 5.37. The Balaban J connectivity index is 2.53. The van der Waals surface area contributed by atoms with Crippen molar-refractivity contribution >= 4 is 5.97 Å². The Bertz CT molecular complexity index is 285. The Labute approximate surface area is 82.4 Å². The van der Waals surface area contributed by atoms with Crippen LogP contribution in [-0.2, 0) is 11.2 Å². The Hall–Kier alpha value is -1.38. The number of carboxylic acid groups (broad SMARTS) is 1. The lowest BCUT2D eigenvalue weighted by atomic mass is 9.98. The molecule has 76 valence electrons. The molecule has 1 aromatic carbocycles. The Kier molecular flexibility index (Phi) is 4.11. The summed E-state index contributed by atoms with van der Waals surface area (Å²) in [6.07, 6.45) is 0.384. The van der Waals surface area contributed by atoms with Gasteiger partial charge in [0.15, 0.2) is 0 Å². The summed E-state index contributed by atoms with van der Waals surface area (Å²) in [4.78, 5) is 10.4. The molecule has 0 aliphatic heterocycles. The monoisotopic (exact) mass is 196 g/mol. The summed E-state index contributed by atoms with van der Waals surface area (Å²) in [7, 11) is 0. The fourth-order valence-electron chi connectivity index (χ4n) is 1.38. The third-order valence-electron chi connectivity index (χ3n) is 2.05. The molecule has 0 fully saturated rings. The van der Waals surface area contributed by atoms with Gasteiger partial charge in [-0.3, -0.25) is 9.18 Å². The fraction of sp³-hybridized carbons (Fsp3) is 0.364. The SMILES string of the molecule is O=C(O)CC(CF)Cc1ccccc1. The molecule has 1 unspecified atom stereocenters. The van der Waals surface area contributed by atoms with Crippen molar-refractivity contribution in [3.8, 4) is 0 Å². The lowest BCUT2D eigenvalue weighted by Gasteiger charge is -2.09. The summed E-state index contributed by atoms with van der Waals surface area (Å²) in [6, 6.07) is 9.37. The van der Waals surface area contributed by atoms with Crippen LogP contribution in [0.1, 0.15) is 12.0 Å². The highest BCUT2D eigenvalue weighted by atomic mass is 19.1. The molecular formula is C11H13FO2. The highest BCUT2D eigenvalue weighted by Gasteiger charge is 2.13. The van der Waals surface area contributed by atoms with Crippen LogP contribution in [0.5, 0.6) is 0 Å². The van der Waals surface area contributed by atoms with E-state index < -0.39 is 18.6 Å². The number of rotatable bonds is 5. The van der Waals surface area contributed by atoms with E-state index in [2.05, 4.69) is 0 Å². The molecule has 0 spiro atoms. The highest BCUT2D eigenvalue weighted by Crippen LogP contribution is 2.12. The van der Waals surface area contributed by atoms with Gasteiger partial charge in [-0.05, 0) is 12.0 Å². The number of hydrogen-bond acceptors (Lipinski definition) is 1. The van der Waals surface area contributed by atoms with Gasteiger partial charge in [0.2, 0.25) is 0 Å². The number of aliphatic carboxylic acids is 1. The van der Waals surface area contributed by atoms with Gasteiger partial charge in [-0.2, -0.15) is 0 Å². The van der Waals surface area contributed by atoms with Gasteiger partial charge in [0.05, 0.1) is 13.1 Å². The van der Waals surface area contributed by atoms with Crippen LogP contribution in [-0.4, -0.2) is 17.8 Å². The van der Waals surface area contributed by atoms with Gasteiger partial charge in [-0.25, -0.2) is 0 Å². The molecule has 0 bridgehead atoms. The van der Waals surface area contributed by atoms with Crippen LogP contribution in [0.25, 0.3) is 0 Å². The molecule has 14 heavy (non-hydrogen) atoms. The van der Waals surface area contributed by atoms with Crippen molar-refractivity contribution in [2.45, 2.75) is 12.8 Å². The zero-order chi connectivity index (χ0) is 10.4. The Morgan fingerprint density at radius 1 is 1.36 bits per heavy atom. The average Bonchev–Trinajstić information content (AvgIpc) is 2.17. The lowest BCUT2D eigenvalue weighted by molar-refractivity contribution is -0.138. The quantitative estimate of drug-likeness (QED) is 0.784. The molecule has 1 atom stereocenters. The van der Waals surface area contributed by atoms with E-state index in [0.717, 1.165) is 5.56 Å². The van der Waals surface area contributed by atoms with Crippen LogP contribution < -0.4 is 0 Å². The minimum atomic E-state index is -0.941. The van der Waals surface area contributed by atoms with E-state index in [1.807, 2.05) is 30.3 Å². The first-order valence-corrected chi connectivity index (χ1v) is 4.54. The zero-order valence-corrected chi connectivity index (χ0v) is 7.82. The number of hydrogen-bond donors (Lipinski definition) is 1. The predicted molar refractivity (Wildman–Crippen MR) is 51.9 cm³/mol. The first kappa shape index (κ1) is 10.7. The molecule has 0 saturated carbocycles. The van der Waals surface area contributed by atoms with E-state index >= 15 is 0 Å². The number of benzene rings is 1. The van der Waals surface area contributed by atoms with Gasteiger partial charge < -0.3 is 5.11 Å². The lowest BCUT2D eigenvalue weighted by Crippen LogP contribution is -2.12. The van der Waals surface area contributed by atoms with Crippen LogP contribution in [0.2, 0.25) is 0 Å². The second-order valence-corrected chi connectivity index (χ2v) is 3.31. The van der Waals surface area contributed by atoms with Crippen molar-refractivity contribution in [2.75, 3.05) is 6.67 Å². The summed E-state index contributed by atoms with van der Waals surface area (Å²) in [5, 5.41) is 8.53. The Morgan fingerprint density at radius 2 is 2.00 bits per heavy atom. The summed E-state index contributed by atoms with van der Waals surface area (Å²) in [5.41, 5.74) is 0.983. The maximum atomic E-state index is 12.4. The third kappa shape index (κ3) is 3.56. The molecule has 0 aliphatic carbocycles. The van der Waals surface area contributed by atoms with Gasteiger partial charge >= 0.3 is 5.97 Å². The fourth-order valence-corrected chi connectivity index (χ4v) is 1.38. The average molecular weight is 196 g/mol. The number of halogens is 1. The molecule has 0 aromatic heterocycles. The third-order valence-corrected chi connectivity index (χ3v) is 2.05. The zero-order valence-electron chi connectivity index (χ0n) is 7.82. The van der Waals surface area contributed by atoms with Crippen LogP contribution in [0.4, 0.5) is 4.39 Å². The van der Waals surface area contributed by atoms with Crippen LogP contribution in [0, 0.1) is 5.92 Å². The van der Waals surface area contributed by atoms with Crippen molar-refractivity contribution in [1.82, 2.24) is 0 Å². The first-order chi connectivity index (χ1) is 6.72. The maximum Gasteiger partial charge on any atom is 0.303 e. The molecule has 2 nitrogen and oxygen atoms in total. The Morgan fingerprint density at radius 3 is 2.50 bits per heavy atom. The van der Waals surface area contributed by atoms with Crippen molar-refractivity contribution in [1.29, 1.82) is 0 Å². The molecule has 0 heterocycles. The second-order valence-electron chi connectivity index (χ2n) is 3.31. The minimum absolute atomic E-state index is 0.106. The molecule has 0 amide bonds. The van der Waals surface area contributed by atoms with E-state index in [9.17, 15) is 9.18 Å². The van der Waals surface area contributed by atoms with Crippen molar-refractivity contribution in [3.63, 3.8) is 0 Å². The highest BCUT2D eigenvalue weighted by molar-refractivity contribution is 5.67. The number of carbonyl (C=O) groups is 1. The van der Waals surface area contributed by atoms with E-state index in [1.165, 1.54) is 0 Å². The maximum absolute atomic E-state index is 12.4. The van der Waals surface area contributed by atoms with Gasteiger partial charge in [0.1, 0.15) is 0 Å². The van der Waals surface area contributed by atoms with Crippen molar-refractivity contribution in [3.05, 3.63) is 35.9 Å². The van der Waals surface area contributed by atoms with Gasteiger partial charge in [-0.15, -0.1) is 0 Å². The topological polar surface area (TPSA) is 37.3 Å². The summed E-state index contributed by atoms with van der Waals surface area (Å²) >= 11 is 0. The normalized spacial score (nSPS) is 12.4. The van der Waals surface area contributed by atoms with Crippen LogP contribution >= 0.6 is 0 Å². The molecule has 1 rings (SSSR count). The van der Waals surface area contributed by atoms with Crippen LogP contribution in [0.15, 0.2) is 30.3 Å². The largest absolute Gasteiger partial charge is 0.481 e. The molecule has 0 saturated heterocycles. The van der Waals surface area contributed by atoms with E-state index in [1.54, 1.807) is 0 Å². The van der Waals surface area contributed by atoms with Crippen LogP contribution in [0.3, 0.4) is 0 Å². The molecule has 3 heteroatoms. The predicted octanol–water partition coefficient (Wildman–Crippen LogP) is 2.29. The van der Waals surface area contributed by atoms with Crippen molar-refractivity contribution in [2.24, 2.45) is 5.92 Å². The molecule has 0 aliphatic rings. The van der Waals surface area contributed by atoms with Crippen molar-refractivity contribution < 1.29 is 14.3 Å². The first-order valence-electron chi connectivity index (χ1n) is 4.54. The van der Waals surface area contributed by atoms with Gasteiger partial charge in [0.25, 0.3) is 0 Å². The molecule has 1 aromatic rings. The molecule has 1 N–H and O–H groups in total. The molecule has 0 radical (unpaired) electrons. The summed E-state index contributed by atoms with van der Waals surface area (Å²) < 4.78 is 12.4. The van der Waals surface area contributed by atoms with E-state index in [4.69, 9.17) is 5.11 Å². The van der Waals surface area contributed by atoms with E-state index in [0.29, 0.717) is 6.42 Å².